The van der Waals surface area contributed by atoms with Gasteiger partial charge in [0.1, 0.15) is 5.82 Å². The molecule has 0 fully saturated rings. The fourth-order valence-electron chi connectivity index (χ4n) is 2.01. The number of nitrogens with two attached hydrogens (primary N) is 1. The summed E-state index contributed by atoms with van der Waals surface area (Å²) < 4.78 is 14.6. The van der Waals surface area contributed by atoms with Crippen molar-refractivity contribution in [3.8, 4) is 11.4 Å². The molecule has 4 nitrogen and oxygen atoms in total. The SMILES string of the molecule is Nn1c(SCc2c(Cl)cccc2Cl)nnc1-c1cccc(F)c1. The van der Waals surface area contributed by atoms with E-state index in [1.807, 2.05) is 0 Å². The summed E-state index contributed by atoms with van der Waals surface area (Å²) in [5.74, 6) is 6.53. The lowest BCUT2D eigenvalue weighted by atomic mass is 10.2. The van der Waals surface area contributed by atoms with E-state index >= 15 is 0 Å². The van der Waals surface area contributed by atoms with Crippen LogP contribution in [0.5, 0.6) is 0 Å². The Morgan fingerprint density at radius 3 is 2.48 bits per heavy atom. The molecular formula is C15H11Cl2FN4S. The molecule has 0 spiro atoms. The third kappa shape index (κ3) is 3.44. The van der Waals surface area contributed by atoms with E-state index in [-0.39, 0.29) is 5.82 Å². The van der Waals surface area contributed by atoms with Crippen LogP contribution in [-0.4, -0.2) is 14.9 Å². The molecule has 2 aromatic carbocycles. The van der Waals surface area contributed by atoms with Crippen molar-refractivity contribution in [1.29, 1.82) is 0 Å². The van der Waals surface area contributed by atoms with E-state index in [1.165, 1.54) is 28.6 Å². The van der Waals surface area contributed by atoms with Crippen LogP contribution in [0.3, 0.4) is 0 Å². The first-order valence-electron chi connectivity index (χ1n) is 6.58. The van der Waals surface area contributed by atoms with Gasteiger partial charge in [0, 0.05) is 21.4 Å². The maximum absolute atomic E-state index is 13.3. The molecule has 1 heterocycles. The lowest BCUT2D eigenvalue weighted by molar-refractivity contribution is 0.628. The molecule has 0 atom stereocenters. The lowest BCUT2D eigenvalue weighted by Crippen LogP contribution is -2.11. The normalized spacial score (nSPS) is 10.9. The average Bonchev–Trinajstić information content (AvgIpc) is 2.88. The predicted molar refractivity (Wildman–Crippen MR) is 91.6 cm³/mol. The fourth-order valence-corrected chi connectivity index (χ4v) is 3.60. The summed E-state index contributed by atoms with van der Waals surface area (Å²) in [5, 5.41) is 9.71. The summed E-state index contributed by atoms with van der Waals surface area (Å²) >= 11 is 13.6. The molecule has 2 N–H and O–H groups in total. The Kier molecular flexibility index (Phi) is 4.75. The highest BCUT2D eigenvalue weighted by molar-refractivity contribution is 7.98. The molecule has 1 aromatic heterocycles. The molecule has 0 amide bonds. The van der Waals surface area contributed by atoms with Gasteiger partial charge < -0.3 is 5.84 Å². The molecule has 0 saturated heterocycles. The van der Waals surface area contributed by atoms with Gasteiger partial charge >= 0.3 is 0 Å². The van der Waals surface area contributed by atoms with Gasteiger partial charge in [0.15, 0.2) is 5.82 Å². The van der Waals surface area contributed by atoms with E-state index in [0.717, 1.165) is 5.56 Å². The van der Waals surface area contributed by atoms with Crippen LogP contribution in [0.4, 0.5) is 4.39 Å². The molecule has 118 valence electrons. The van der Waals surface area contributed by atoms with Crippen molar-refractivity contribution in [3.63, 3.8) is 0 Å². The molecule has 0 unspecified atom stereocenters. The number of aromatic nitrogens is 3. The van der Waals surface area contributed by atoms with Gasteiger partial charge in [-0.2, -0.15) is 0 Å². The van der Waals surface area contributed by atoms with E-state index in [4.69, 9.17) is 29.0 Å². The van der Waals surface area contributed by atoms with Crippen LogP contribution in [0.1, 0.15) is 5.56 Å². The van der Waals surface area contributed by atoms with Crippen LogP contribution in [0.2, 0.25) is 10.0 Å². The largest absolute Gasteiger partial charge is 0.335 e. The van der Waals surface area contributed by atoms with Crippen molar-refractivity contribution in [2.45, 2.75) is 10.9 Å². The van der Waals surface area contributed by atoms with E-state index in [0.29, 0.717) is 32.3 Å². The summed E-state index contributed by atoms with van der Waals surface area (Å²) in [7, 11) is 0. The van der Waals surface area contributed by atoms with Crippen molar-refractivity contribution in [2.24, 2.45) is 0 Å². The van der Waals surface area contributed by atoms with Gasteiger partial charge in [0.25, 0.3) is 0 Å². The van der Waals surface area contributed by atoms with Crippen molar-refractivity contribution in [1.82, 2.24) is 14.9 Å². The van der Waals surface area contributed by atoms with Crippen LogP contribution in [0, 0.1) is 5.82 Å². The number of thioether (sulfide) groups is 1. The maximum Gasteiger partial charge on any atom is 0.210 e. The number of hydrogen-bond acceptors (Lipinski definition) is 4. The summed E-state index contributed by atoms with van der Waals surface area (Å²) in [5.41, 5.74) is 1.36. The lowest BCUT2D eigenvalue weighted by Gasteiger charge is -2.07. The van der Waals surface area contributed by atoms with Crippen LogP contribution >= 0.6 is 35.0 Å². The number of halogens is 3. The highest BCUT2D eigenvalue weighted by Crippen LogP contribution is 2.31. The average molecular weight is 369 g/mol. The zero-order chi connectivity index (χ0) is 16.4. The summed E-state index contributed by atoms with van der Waals surface area (Å²) in [4.78, 5) is 0. The van der Waals surface area contributed by atoms with Crippen LogP contribution in [0.15, 0.2) is 47.6 Å². The van der Waals surface area contributed by atoms with E-state index in [2.05, 4.69) is 10.2 Å². The van der Waals surface area contributed by atoms with Crippen LogP contribution in [0.25, 0.3) is 11.4 Å². The third-order valence-electron chi connectivity index (χ3n) is 3.15. The summed E-state index contributed by atoms with van der Waals surface area (Å²) in [6, 6.07) is 11.4. The first-order valence-corrected chi connectivity index (χ1v) is 8.32. The molecule has 0 saturated carbocycles. The molecule has 8 heteroatoms. The second kappa shape index (κ2) is 6.78. The number of nitrogen functional groups attached to an aromatic ring is 1. The summed E-state index contributed by atoms with van der Waals surface area (Å²) in [6.07, 6.45) is 0. The molecule has 23 heavy (non-hydrogen) atoms. The molecule has 3 rings (SSSR count). The van der Waals surface area contributed by atoms with Crippen molar-refractivity contribution in [2.75, 3.05) is 5.84 Å². The van der Waals surface area contributed by atoms with Gasteiger partial charge in [-0.05, 0) is 29.8 Å². The zero-order valence-corrected chi connectivity index (χ0v) is 14.0. The Balaban J connectivity index is 1.83. The molecule has 0 bridgehead atoms. The van der Waals surface area contributed by atoms with Gasteiger partial charge in [0.05, 0.1) is 0 Å². The second-order valence-corrected chi connectivity index (χ2v) is 6.43. The molecular weight excluding hydrogens is 358 g/mol. The minimum absolute atomic E-state index is 0.359. The van der Waals surface area contributed by atoms with Crippen molar-refractivity contribution >= 4 is 35.0 Å². The van der Waals surface area contributed by atoms with Crippen LogP contribution in [-0.2, 0) is 5.75 Å². The highest BCUT2D eigenvalue weighted by atomic mass is 35.5. The monoisotopic (exact) mass is 368 g/mol. The molecule has 3 aromatic rings. The predicted octanol–water partition coefficient (Wildman–Crippen LogP) is 4.40. The minimum Gasteiger partial charge on any atom is -0.335 e. The first-order chi connectivity index (χ1) is 11.1. The maximum atomic E-state index is 13.3. The quantitative estimate of drug-likeness (QED) is 0.547. The Bertz CT molecular complexity index is 833. The molecule has 0 aliphatic heterocycles. The molecule has 0 radical (unpaired) electrons. The van der Waals surface area contributed by atoms with E-state index in [1.54, 1.807) is 30.3 Å². The first kappa shape index (κ1) is 16.1. The Hall–Kier alpha value is -1.76. The van der Waals surface area contributed by atoms with Gasteiger partial charge in [-0.1, -0.05) is 53.2 Å². The summed E-state index contributed by atoms with van der Waals surface area (Å²) in [6.45, 7) is 0. The topological polar surface area (TPSA) is 56.7 Å². The zero-order valence-electron chi connectivity index (χ0n) is 11.7. The smallest absolute Gasteiger partial charge is 0.210 e. The van der Waals surface area contributed by atoms with Gasteiger partial charge in [-0.3, -0.25) is 0 Å². The Labute approximate surface area is 146 Å². The number of hydrogen-bond donors (Lipinski definition) is 1. The van der Waals surface area contributed by atoms with Crippen molar-refractivity contribution in [3.05, 3.63) is 63.9 Å². The van der Waals surface area contributed by atoms with E-state index < -0.39 is 0 Å². The van der Waals surface area contributed by atoms with E-state index in [9.17, 15) is 4.39 Å². The van der Waals surface area contributed by atoms with Crippen molar-refractivity contribution < 1.29 is 4.39 Å². The van der Waals surface area contributed by atoms with Crippen LogP contribution < -0.4 is 5.84 Å². The molecule has 0 aliphatic carbocycles. The number of rotatable bonds is 4. The Morgan fingerprint density at radius 1 is 1.09 bits per heavy atom. The number of benzene rings is 2. The van der Waals surface area contributed by atoms with Gasteiger partial charge in [-0.15, -0.1) is 10.2 Å². The number of nitrogens with zero attached hydrogens (tertiary/aromatic N) is 3. The van der Waals surface area contributed by atoms with Gasteiger partial charge in [0.2, 0.25) is 5.16 Å². The molecule has 0 aliphatic rings. The minimum atomic E-state index is -0.359. The highest BCUT2D eigenvalue weighted by Gasteiger charge is 2.14. The second-order valence-electron chi connectivity index (χ2n) is 4.68. The fraction of sp³-hybridized carbons (Fsp3) is 0.0667. The Morgan fingerprint density at radius 2 is 1.78 bits per heavy atom. The third-order valence-corrected chi connectivity index (χ3v) is 4.83. The van der Waals surface area contributed by atoms with Gasteiger partial charge in [-0.25, -0.2) is 9.07 Å². The standard InChI is InChI=1S/C15H11Cl2FN4S/c16-12-5-2-6-13(17)11(12)8-23-15-21-20-14(22(15)19)9-3-1-4-10(18)7-9/h1-7H,8,19H2.